The molecular formula is C28H32N4O5S. The van der Waals surface area contributed by atoms with Gasteiger partial charge in [-0.1, -0.05) is 29.5 Å². The number of benzene rings is 2. The van der Waals surface area contributed by atoms with Gasteiger partial charge < -0.3 is 20.1 Å². The molecule has 0 spiro atoms. The number of carbonyl (C=O) groups is 2. The van der Waals surface area contributed by atoms with Crippen molar-refractivity contribution in [3.63, 3.8) is 0 Å². The first-order valence-electron chi connectivity index (χ1n) is 13.0. The summed E-state index contributed by atoms with van der Waals surface area (Å²) in [6, 6.07) is 12.5. The fourth-order valence-corrected chi connectivity index (χ4v) is 5.49. The van der Waals surface area contributed by atoms with Gasteiger partial charge in [0.2, 0.25) is 5.91 Å². The summed E-state index contributed by atoms with van der Waals surface area (Å²) in [5.41, 5.74) is 2.45. The topological polar surface area (TPSA) is 112 Å². The Morgan fingerprint density at radius 1 is 1.05 bits per heavy atom. The van der Waals surface area contributed by atoms with Gasteiger partial charge >= 0.3 is 0 Å². The first-order valence-corrected chi connectivity index (χ1v) is 14.0. The number of hydrogen-bond donors (Lipinski definition) is 2. The number of fused-ring (bicyclic) bond motifs is 1. The molecule has 200 valence electrons. The normalized spacial score (nSPS) is 19.1. The summed E-state index contributed by atoms with van der Waals surface area (Å²) in [6.07, 6.45) is 3.72. The van der Waals surface area contributed by atoms with Crippen molar-refractivity contribution < 1.29 is 19.1 Å². The van der Waals surface area contributed by atoms with E-state index in [2.05, 4.69) is 10.6 Å². The zero-order chi connectivity index (χ0) is 26.5. The molecule has 10 heteroatoms. The molecule has 2 saturated heterocycles. The summed E-state index contributed by atoms with van der Waals surface area (Å²) >= 11 is 1.20. The van der Waals surface area contributed by atoms with E-state index in [4.69, 9.17) is 14.5 Å². The van der Waals surface area contributed by atoms with Crippen LogP contribution in [0.2, 0.25) is 0 Å². The highest BCUT2D eigenvalue weighted by Gasteiger charge is 2.22. The van der Waals surface area contributed by atoms with E-state index in [9.17, 15) is 14.4 Å². The molecular weight excluding hydrogens is 504 g/mol. The van der Waals surface area contributed by atoms with Gasteiger partial charge in [-0.2, -0.15) is 0 Å². The highest BCUT2D eigenvalue weighted by molar-refractivity contribution is 7.99. The largest absolute Gasteiger partial charge is 0.376 e. The number of nitrogens with zero attached hydrogens (tertiary/aromatic N) is 2. The van der Waals surface area contributed by atoms with Crippen molar-refractivity contribution in [3.8, 4) is 0 Å². The van der Waals surface area contributed by atoms with Crippen molar-refractivity contribution in [1.82, 2.24) is 14.9 Å². The third-order valence-electron chi connectivity index (χ3n) is 6.77. The van der Waals surface area contributed by atoms with E-state index in [1.54, 1.807) is 22.8 Å². The number of ether oxygens (including phenoxy) is 2. The quantitative estimate of drug-likeness (QED) is 0.318. The number of amides is 2. The van der Waals surface area contributed by atoms with Gasteiger partial charge in [0.1, 0.15) is 0 Å². The number of rotatable bonds is 9. The van der Waals surface area contributed by atoms with Crippen LogP contribution in [-0.4, -0.2) is 59.1 Å². The van der Waals surface area contributed by atoms with E-state index >= 15 is 0 Å². The summed E-state index contributed by atoms with van der Waals surface area (Å²) in [7, 11) is 0. The maximum absolute atomic E-state index is 13.5. The van der Waals surface area contributed by atoms with Crippen LogP contribution in [0.1, 0.15) is 41.6 Å². The fraction of sp³-hybridized carbons (Fsp3) is 0.429. The van der Waals surface area contributed by atoms with Crippen LogP contribution >= 0.6 is 11.8 Å². The molecule has 9 nitrogen and oxygen atoms in total. The van der Waals surface area contributed by atoms with Gasteiger partial charge in [0.15, 0.2) is 5.16 Å². The van der Waals surface area contributed by atoms with Crippen LogP contribution in [-0.2, 0) is 20.8 Å². The first kappa shape index (κ1) is 26.4. The Morgan fingerprint density at radius 3 is 2.50 bits per heavy atom. The molecule has 2 atom stereocenters. The molecule has 2 aliphatic heterocycles. The average molecular weight is 537 g/mol. The lowest BCUT2D eigenvalue weighted by Crippen LogP contribution is -2.32. The molecule has 0 saturated carbocycles. The van der Waals surface area contributed by atoms with Gasteiger partial charge in [0.25, 0.3) is 11.5 Å². The van der Waals surface area contributed by atoms with E-state index in [0.717, 1.165) is 37.9 Å². The lowest BCUT2D eigenvalue weighted by Gasteiger charge is -2.17. The average Bonchev–Trinajstić information content (AvgIpc) is 3.63. The van der Waals surface area contributed by atoms with Crippen molar-refractivity contribution in [2.75, 3.05) is 30.8 Å². The minimum atomic E-state index is -0.237. The minimum Gasteiger partial charge on any atom is -0.376 e. The van der Waals surface area contributed by atoms with Gasteiger partial charge in [-0.15, -0.1) is 0 Å². The molecule has 2 aromatic carbocycles. The van der Waals surface area contributed by atoms with Crippen LogP contribution in [0.25, 0.3) is 10.9 Å². The predicted molar refractivity (Wildman–Crippen MR) is 147 cm³/mol. The summed E-state index contributed by atoms with van der Waals surface area (Å²) in [4.78, 5) is 43.7. The summed E-state index contributed by atoms with van der Waals surface area (Å²) in [6.45, 7) is 4.20. The molecule has 38 heavy (non-hydrogen) atoms. The van der Waals surface area contributed by atoms with Gasteiger partial charge in [0.05, 0.1) is 35.4 Å². The van der Waals surface area contributed by atoms with E-state index < -0.39 is 0 Å². The molecule has 5 rings (SSSR count). The number of hydrogen-bond acceptors (Lipinski definition) is 7. The number of thioether (sulfide) groups is 1. The van der Waals surface area contributed by atoms with Gasteiger partial charge in [-0.05, 0) is 62.9 Å². The van der Waals surface area contributed by atoms with Crippen LogP contribution in [0, 0.1) is 6.92 Å². The molecule has 2 N–H and O–H groups in total. The second-order valence-corrected chi connectivity index (χ2v) is 10.7. The SMILES string of the molecule is Cc1ccc(NC(=O)CSc2nc3cc(C(=O)NC[C@H]4CCCO4)ccc3c(=O)n2C[C@@H]2CCCO2)cc1. The second kappa shape index (κ2) is 12.1. The van der Waals surface area contributed by atoms with Crippen molar-refractivity contribution in [2.45, 2.75) is 56.5 Å². The summed E-state index contributed by atoms with van der Waals surface area (Å²) < 4.78 is 13.0. The number of aryl methyl sites for hydroxylation is 1. The Balaban J connectivity index is 1.37. The Bertz CT molecular complexity index is 1360. The predicted octanol–water partition coefficient (Wildman–Crippen LogP) is 3.52. The smallest absolute Gasteiger partial charge is 0.262 e. The van der Waals surface area contributed by atoms with Gasteiger partial charge in [0, 0.05) is 31.0 Å². The standard InChI is InChI=1S/C28H32N4O5S/c1-18-6-9-20(10-7-18)30-25(33)17-38-28-31-24-14-19(26(34)29-15-21-4-2-12-36-21)8-11-23(24)27(35)32(28)16-22-5-3-13-37-22/h6-11,14,21-22H,2-5,12-13,15-17H2,1H3,(H,29,34)(H,30,33)/t21-,22+/m1/s1. The number of nitrogens with one attached hydrogen (secondary N) is 2. The highest BCUT2D eigenvalue weighted by Crippen LogP contribution is 2.22. The monoisotopic (exact) mass is 536 g/mol. The zero-order valence-electron chi connectivity index (χ0n) is 21.4. The van der Waals surface area contributed by atoms with Gasteiger partial charge in [-0.25, -0.2) is 4.98 Å². The fourth-order valence-electron chi connectivity index (χ4n) is 4.68. The van der Waals surface area contributed by atoms with Crippen LogP contribution < -0.4 is 16.2 Å². The Morgan fingerprint density at radius 2 is 1.79 bits per heavy atom. The van der Waals surface area contributed by atoms with Crippen LogP contribution in [0.5, 0.6) is 0 Å². The van der Waals surface area contributed by atoms with Crippen LogP contribution in [0.4, 0.5) is 5.69 Å². The van der Waals surface area contributed by atoms with E-state index in [-0.39, 0.29) is 35.3 Å². The summed E-state index contributed by atoms with van der Waals surface area (Å²) in [5, 5.41) is 6.64. The first-order chi connectivity index (χ1) is 18.5. The molecule has 3 heterocycles. The van der Waals surface area contributed by atoms with Gasteiger partial charge in [-0.3, -0.25) is 19.0 Å². The summed E-state index contributed by atoms with van der Waals surface area (Å²) in [5.74, 6) is -0.350. The van der Waals surface area contributed by atoms with Crippen molar-refractivity contribution in [1.29, 1.82) is 0 Å². The molecule has 2 aliphatic rings. The highest BCUT2D eigenvalue weighted by atomic mass is 32.2. The van der Waals surface area contributed by atoms with E-state index in [1.165, 1.54) is 11.8 Å². The number of carbonyl (C=O) groups excluding carboxylic acids is 2. The van der Waals surface area contributed by atoms with Crippen molar-refractivity contribution in [3.05, 3.63) is 63.9 Å². The number of aromatic nitrogens is 2. The van der Waals surface area contributed by atoms with E-state index in [0.29, 0.717) is 47.0 Å². The Labute approximate surface area is 225 Å². The van der Waals surface area contributed by atoms with E-state index in [1.807, 2.05) is 31.2 Å². The second-order valence-electron chi connectivity index (χ2n) is 9.73. The maximum atomic E-state index is 13.5. The number of anilines is 1. The third kappa shape index (κ3) is 6.43. The Hall–Kier alpha value is -3.21. The molecule has 0 aliphatic carbocycles. The molecule has 1 aromatic heterocycles. The third-order valence-corrected chi connectivity index (χ3v) is 7.75. The molecule has 2 fully saturated rings. The lowest BCUT2D eigenvalue weighted by molar-refractivity contribution is -0.113. The zero-order valence-corrected chi connectivity index (χ0v) is 22.2. The molecule has 3 aromatic rings. The Kier molecular flexibility index (Phi) is 8.41. The van der Waals surface area contributed by atoms with Crippen LogP contribution in [0.3, 0.4) is 0 Å². The van der Waals surface area contributed by atoms with Crippen molar-refractivity contribution in [2.24, 2.45) is 0 Å². The minimum absolute atomic E-state index is 0.0385. The maximum Gasteiger partial charge on any atom is 0.262 e. The molecule has 0 radical (unpaired) electrons. The molecule has 2 amide bonds. The molecule has 0 bridgehead atoms. The lowest BCUT2D eigenvalue weighted by atomic mass is 10.1. The molecule has 0 unspecified atom stereocenters. The van der Waals surface area contributed by atoms with Crippen molar-refractivity contribution >= 4 is 40.2 Å². The van der Waals surface area contributed by atoms with Crippen LogP contribution in [0.15, 0.2) is 52.4 Å².